The Labute approximate surface area is 76.4 Å². The smallest absolute Gasteiger partial charge is 0.310 e. The van der Waals surface area contributed by atoms with Crippen molar-refractivity contribution in [2.45, 2.75) is 32.6 Å². The first-order valence-corrected chi connectivity index (χ1v) is 4.51. The molecule has 0 aliphatic heterocycles. The van der Waals surface area contributed by atoms with Gasteiger partial charge in [0.05, 0.1) is 0 Å². The van der Waals surface area contributed by atoms with Crippen molar-refractivity contribution in [2.75, 3.05) is 0 Å². The van der Waals surface area contributed by atoms with Crippen LogP contribution in [0.3, 0.4) is 0 Å². The number of unbranched alkanes of at least 4 members (excludes halogenated alkanes) is 1. The van der Waals surface area contributed by atoms with Crippen LogP contribution >= 0.6 is 0 Å². The lowest BCUT2D eigenvalue weighted by Crippen LogP contribution is -2.01. The molecule has 0 aromatic carbocycles. The fourth-order valence-electron chi connectivity index (χ4n) is 1.33. The van der Waals surface area contributed by atoms with E-state index in [0.717, 1.165) is 36.9 Å². The van der Waals surface area contributed by atoms with Gasteiger partial charge in [-0.05, 0) is 19.3 Å². The van der Waals surface area contributed by atoms with E-state index in [9.17, 15) is 9.59 Å². The molecule has 0 saturated heterocycles. The summed E-state index contributed by atoms with van der Waals surface area (Å²) in [6.45, 7) is 1.99. The van der Waals surface area contributed by atoms with Crippen molar-refractivity contribution in [1.82, 2.24) is 9.97 Å². The van der Waals surface area contributed by atoms with E-state index in [1.807, 2.05) is 6.92 Å². The maximum atomic E-state index is 10.9. The molecule has 1 aromatic heterocycles. The van der Waals surface area contributed by atoms with Crippen LogP contribution < -0.4 is 5.69 Å². The van der Waals surface area contributed by atoms with Crippen LogP contribution in [0.4, 0.5) is 0 Å². The molecular formula is C9H14N2O2. The monoisotopic (exact) mass is 182 g/mol. The Morgan fingerprint density at radius 3 is 2.62 bits per heavy atom. The zero-order chi connectivity index (χ0) is 9.68. The van der Waals surface area contributed by atoms with Crippen LogP contribution in [-0.4, -0.2) is 16.3 Å². The molecule has 0 spiro atoms. The predicted molar refractivity (Wildman–Crippen MR) is 49.8 cm³/mol. The van der Waals surface area contributed by atoms with Gasteiger partial charge in [-0.15, -0.1) is 0 Å². The van der Waals surface area contributed by atoms with Crippen molar-refractivity contribution < 1.29 is 4.79 Å². The molecule has 0 amide bonds. The summed E-state index contributed by atoms with van der Waals surface area (Å²) in [6, 6.07) is 0. The molecular weight excluding hydrogens is 168 g/mol. The lowest BCUT2D eigenvalue weighted by molar-refractivity contribution is -0.107. The Hall–Kier alpha value is -1.32. The number of H-pyrrole nitrogens is 2. The zero-order valence-corrected chi connectivity index (χ0v) is 7.72. The lowest BCUT2D eigenvalue weighted by Gasteiger charge is -1.97. The van der Waals surface area contributed by atoms with E-state index in [2.05, 4.69) is 9.97 Å². The number of nitrogens with one attached hydrogen (secondary N) is 2. The number of aldehydes is 1. The third-order valence-corrected chi connectivity index (χ3v) is 2.00. The average molecular weight is 182 g/mol. The van der Waals surface area contributed by atoms with Gasteiger partial charge in [-0.25, -0.2) is 4.79 Å². The Morgan fingerprint density at radius 2 is 2.00 bits per heavy atom. The van der Waals surface area contributed by atoms with E-state index in [1.54, 1.807) is 0 Å². The molecule has 0 radical (unpaired) electrons. The van der Waals surface area contributed by atoms with E-state index in [-0.39, 0.29) is 5.69 Å². The largest absolute Gasteiger partial charge is 0.323 e. The van der Waals surface area contributed by atoms with Gasteiger partial charge in [0, 0.05) is 17.8 Å². The van der Waals surface area contributed by atoms with Gasteiger partial charge in [-0.1, -0.05) is 6.92 Å². The van der Waals surface area contributed by atoms with E-state index in [0.29, 0.717) is 6.42 Å². The minimum absolute atomic E-state index is 0.155. The predicted octanol–water partition coefficient (Wildman–Crippen LogP) is 0.787. The van der Waals surface area contributed by atoms with Crippen molar-refractivity contribution in [2.24, 2.45) is 0 Å². The van der Waals surface area contributed by atoms with Gasteiger partial charge in [-0.2, -0.15) is 0 Å². The first kappa shape index (κ1) is 9.77. The molecule has 0 unspecified atom stereocenters. The topological polar surface area (TPSA) is 65.7 Å². The number of aromatic nitrogens is 2. The van der Waals surface area contributed by atoms with Crippen LogP contribution in [0, 0.1) is 0 Å². The summed E-state index contributed by atoms with van der Waals surface area (Å²) in [5, 5.41) is 0. The number of imidazole rings is 1. The maximum absolute atomic E-state index is 10.9. The minimum atomic E-state index is -0.155. The third kappa shape index (κ3) is 2.57. The molecule has 0 aliphatic carbocycles. The molecule has 0 bridgehead atoms. The quantitative estimate of drug-likeness (QED) is 0.522. The summed E-state index contributed by atoms with van der Waals surface area (Å²) < 4.78 is 0. The molecule has 2 N–H and O–H groups in total. The van der Waals surface area contributed by atoms with E-state index in [4.69, 9.17) is 0 Å². The van der Waals surface area contributed by atoms with Gasteiger partial charge in [0.15, 0.2) is 0 Å². The Morgan fingerprint density at radius 1 is 1.31 bits per heavy atom. The van der Waals surface area contributed by atoms with Gasteiger partial charge in [-0.3, -0.25) is 0 Å². The molecule has 0 saturated carbocycles. The van der Waals surface area contributed by atoms with Gasteiger partial charge in [0.2, 0.25) is 0 Å². The van der Waals surface area contributed by atoms with E-state index in [1.165, 1.54) is 0 Å². The molecule has 1 rings (SSSR count). The van der Waals surface area contributed by atoms with Gasteiger partial charge in [0.25, 0.3) is 0 Å². The number of carbonyl (C=O) groups excluding carboxylic acids is 1. The lowest BCUT2D eigenvalue weighted by atomic mass is 10.1. The molecule has 1 heterocycles. The molecule has 4 heteroatoms. The second-order valence-corrected chi connectivity index (χ2v) is 2.95. The van der Waals surface area contributed by atoms with Gasteiger partial charge >= 0.3 is 5.69 Å². The first-order chi connectivity index (χ1) is 6.27. The molecule has 0 fully saturated rings. The van der Waals surface area contributed by atoms with Crippen LogP contribution in [0.1, 0.15) is 31.2 Å². The van der Waals surface area contributed by atoms with E-state index >= 15 is 0 Å². The summed E-state index contributed by atoms with van der Waals surface area (Å²) in [5.41, 5.74) is 1.74. The second-order valence-electron chi connectivity index (χ2n) is 2.95. The summed E-state index contributed by atoms with van der Waals surface area (Å²) in [4.78, 5) is 26.4. The number of rotatable bonds is 5. The number of aromatic amines is 2. The summed E-state index contributed by atoms with van der Waals surface area (Å²) in [5.74, 6) is 0. The van der Waals surface area contributed by atoms with Crippen LogP contribution in [0.25, 0.3) is 0 Å². The van der Waals surface area contributed by atoms with Crippen molar-refractivity contribution in [3.63, 3.8) is 0 Å². The maximum Gasteiger partial charge on any atom is 0.323 e. The van der Waals surface area contributed by atoms with Crippen LogP contribution in [0.2, 0.25) is 0 Å². The fourth-order valence-corrected chi connectivity index (χ4v) is 1.33. The molecule has 13 heavy (non-hydrogen) atoms. The Kier molecular flexibility index (Phi) is 3.49. The molecule has 0 aliphatic rings. The highest BCUT2D eigenvalue weighted by Gasteiger charge is 2.03. The minimum Gasteiger partial charge on any atom is -0.310 e. The Balaban J connectivity index is 2.63. The summed E-state index contributed by atoms with van der Waals surface area (Å²) >= 11 is 0. The van der Waals surface area contributed by atoms with Crippen molar-refractivity contribution >= 4 is 6.29 Å². The normalized spacial score (nSPS) is 10.2. The summed E-state index contributed by atoms with van der Waals surface area (Å²) in [7, 11) is 0. The van der Waals surface area contributed by atoms with Crippen LogP contribution in [0.15, 0.2) is 4.79 Å². The molecule has 1 aromatic rings. The van der Waals surface area contributed by atoms with Gasteiger partial charge in [0.1, 0.15) is 6.29 Å². The highest BCUT2D eigenvalue weighted by atomic mass is 16.1. The highest BCUT2D eigenvalue weighted by molar-refractivity contribution is 5.49. The number of hydrogen-bond donors (Lipinski definition) is 2. The number of hydrogen-bond acceptors (Lipinski definition) is 2. The van der Waals surface area contributed by atoms with Crippen LogP contribution in [0.5, 0.6) is 0 Å². The highest BCUT2D eigenvalue weighted by Crippen LogP contribution is 2.04. The average Bonchev–Trinajstić information content (AvgIpc) is 2.47. The second kappa shape index (κ2) is 4.64. The Bertz CT molecular complexity index is 325. The SMILES string of the molecule is CCc1[nH]c(=O)[nH]c1CCCC=O. The van der Waals surface area contributed by atoms with Gasteiger partial charge < -0.3 is 14.8 Å². The number of aryl methyl sites for hydroxylation is 2. The van der Waals surface area contributed by atoms with Crippen molar-refractivity contribution in [3.8, 4) is 0 Å². The summed E-state index contributed by atoms with van der Waals surface area (Å²) in [6.07, 6.45) is 3.83. The first-order valence-electron chi connectivity index (χ1n) is 4.51. The molecule has 0 atom stereocenters. The fraction of sp³-hybridized carbons (Fsp3) is 0.556. The standard InChI is InChI=1S/C9H14N2O2/c1-2-7-8(5-3-4-6-12)11-9(13)10-7/h6H,2-5H2,1H3,(H2,10,11,13). The van der Waals surface area contributed by atoms with Crippen molar-refractivity contribution in [1.29, 1.82) is 0 Å². The van der Waals surface area contributed by atoms with Crippen LogP contribution in [-0.2, 0) is 17.6 Å². The number of carbonyl (C=O) groups is 1. The van der Waals surface area contributed by atoms with E-state index < -0.39 is 0 Å². The molecule has 72 valence electrons. The molecule has 4 nitrogen and oxygen atoms in total. The van der Waals surface area contributed by atoms with Crippen molar-refractivity contribution in [3.05, 3.63) is 21.9 Å². The third-order valence-electron chi connectivity index (χ3n) is 2.00. The zero-order valence-electron chi connectivity index (χ0n) is 7.72.